The summed E-state index contributed by atoms with van der Waals surface area (Å²) >= 11 is 0. The quantitative estimate of drug-likeness (QED) is 0.730. The largest absolute Gasteiger partial charge is 0.455 e. The van der Waals surface area contributed by atoms with Gasteiger partial charge in [0.1, 0.15) is 10.7 Å². The minimum Gasteiger partial charge on any atom is -0.455 e. The number of nitrogens with zero attached hydrogens (tertiary/aromatic N) is 2. The molecular weight excluding hydrogens is 414 g/mol. The molecule has 2 saturated heterocycles. The lowest BCUT2D eigenvalue weighted by atomic mass is 10.00. The Labute approximate surface area is 184 Å². The van der Waals surface area contributed by atoms with Gasteiger partial charge in [0.25, 0.3) is 5.91 Å². The van der Waals surface area contributed by atoms with E-state index < -0.39 is 15.9 Å². The lowest BCUT2D eigenvalue weighted by Crippen LogP contribution is -2.33. The van der Waals surface area contributed by atoms with Crippen LogP contribution >= 0.6 is 0 Å². The van der Waals surface area contributed by atoms with E-state index in [4.69, 9.17) is 4.42 Å². The lowest BCUT2D eigenvalue weighted by molar-refractivity contribution is 0.0995. The van der Waals surface area contributed by atoms with E-state index in [1.54, 1.807) is 6.92 Å². The average molecular weight is 446 g/mol. The predicted octanol–water partition coefficient (Wildman–Crippen LogP) is 3.86. The van der Waals surface area contributed by atoms with Crippen LogP contribution in [-0.2, 0) is 16.6 Å². The van der Waals surface area contributed by atoms with E-state index in [1.165, 1.54) is 28.8 Å². The maximum atomic E-state index is 12.8. The Bertz CT molecular complexity index is 1020. The highest BCUT2D eigenvalue weighted by Crippen LogP contribution is 2.27. The number of rotatable bonds is 6. The minimum absolute atomic E-state index is 0.00153. The third kappa shape index (κ3) is 5.02. The molecule has 0 saturated carbocycles. The maximum Gasteiger partial charge on any atom is 0.291 e. The van der Waals surface area contributed by atoms with Crippen molar-refractivity contribution >= 4 is 21.6 Å². The summed E-state index contributed by atoms with van der Waals surface area (Å²) in [7, 11) is -3.62. The zero-order valence-corrected chi connectivity index (χ0v) is 19.1. The monoisotopic (exact) mass is 445 g/mol. The smallest absolute Gasteiger partial charge is 0.291 e. The van der Waals surface area contributed by atoms with Gasteiger partial charge in [0.15, 0.2) is 5.76 Å². The molecule has 1 aromatic carbocycles. The van der Waals surface area contributed by atoms with Crippen LogP contribution in [0.3, 0.4) is 0 Å². The molecule has 2 aromatic rings. The molecule has 0 bridgehead atoms. The van der Waals surface area contributed by atoms with Crippen molar-refractivity contribution in [3.63, 3.8) is 0 Å². The van der Waals surface area contributed by atoms with Crippen molar-refractivity contribution in [1.82, 2.24) is 9.21 Å². The van der Waals surface area contributed by atoms with Crippen LogP contribution in [0.1, 0.15) is 54.5 Å². The fraction of sp³-hybridized carbons (Fsp3) is 0.522. The van der Waals surface area contributed by atoms with Crippen LogP contribution in [0.4, 0.5) is 5.69 Å². The number of nitrogens with one attached hydrogen (secondary N) is 1. The van der Waals surface area contributed by atoms with Crippen LogP contribution in [0.5, 0.6) is 0 Å². The number of carbonyl (C=O) groups is 1. The van der Waals surface area contributed by atoms with Crippen molar-refractivity contribution in [3.05, 3.63) is 47.4 Å². The molecule has 0 spiro atoms. The number of piperidine rings is 1. The van der Waals surface area contributed by atoms with E-state index in [2.05, 4.69) is 17.1 Å². The zero-order valence-electron chi connectivity index (χ0n) is 18.3. The first-order valence-electron chi connectivity index (χ1n) is 11.1. The maximum absolute atomic E-state index is 12.8. The number of anilines is 1. The molecule has 7 nitrogen and oxygen atoms in total. The van der Waals surface area contributed by atoms with Gasteiger partial charge < -0.3 is 9.73 Å². The zero-order chi connectivity index (χ0) is 22.0. The summed E-state index contributed by atoms with van der Waals surface area (Å²) in [5.74, 6) is 0.525. The molecule has 4 rings (SSSR count). The standard InChI is InChI=1S/C23H31N3O4S/c1-17-6-5-11-25(15-17)16-19-7-9-20(10-8-19)24-23(27)21-14-22(18(2)30-21)31(28,29)26-12-3-4-13-26/h7-10,14,17H,3-6,11-13,15-16H2,1-2H3,(H,24,27). The van der Waals surface area contributed by atoms with Crippen molar-refractivity contribution in [1.29, 1.82) is 0 Å². The summed E-state index contributed by atoms with van der Waals surface area (Å²) in [6, 6.07) is 9.12. The summed E-state index contributed by atoms with van der Waals surface area (Å²) in [5.41, 5.74) is 1.86. The Morgan fingerprint density at radius 2 is 1.84 bits per heavy atom. The van der Waals surface area contributed by atoms with E-state index in [-0.39, 0.29) is 16.4 Å². The number of benzene rings is 1. The summed E-state index contributed by atoms with van der Waals surface area (Å²) in [5, 5.41) is 2.80. The molecule has 1 aromatic heterocycles. The fourth-order valence-corrected chi connectivity index (χ4v) is 6.15. The van der Waals surface area contributed by atoms with E-state index in [0.29, 0.717) is 18.8 Å². The predicted molar refractivity (Wildman–Crippen MR) is 120 cm³/mol. The minimum atomic E-state index is -3.62. The lowest BCUT2D eigenvalue weighted by Gasteiger charge is -2.30. The molecule has 3 heterocycles. The normalized spacial score (nSPS) is 20.8. The van der Waals surface area contributed by atoms with Crippen LogP contribution in [-0.4, -0.2) is 49.7 Å². The third-order valence-electron chi connectivity index (χ3n) is 6.14. The summed E-state index contributed by atoms with van der Waals surface area (Å²) in [4.78, 5) is 15.2. The molecule has 2 aliphatic heterocycles. The van der Waals surface area contributed by atoms with Crippen LogP contribution in [0.2, 0.25) is 0 Å². The topological polar surface area (TPSA) is 82.9 Å². The Morgan fingerprint density at radius 1 is 1.13 bits per heavy atom. The van der Waals surface area contributed by atoms with Gasteiger partial charge in [0.05, 0.1) is 0 Å². The number of amides is 1. The number of furan rings is 1. The first-order chi connectivity index (χ1) is 14.8. The molecule has 0 aliphatic carbocycles. The Morgan fingerprint density at radius 3 is 2.52 bits per heavy atom. The van der Waals surface area contributed by atoms with Crippen LogP contribution in [0, 0.1) is 12.8 Å². The molecule has 1 amide bonds. The van der Waals surface area contributed by atoms with Crippen molar-refractivity contribution in [3.8, 4) is 0 Å². The second-order valence-electron chi connectivity index (χ2n) is 8.78. The molecule has 1 atom stereocenters. The summed E-state index contributed by atoms with van der Waals surface area (Å²) in [6.45, 7) is 8.06. The highest BCUT2D eigenvalue weighted by molar-refractivity contribution is 7.89. The Kier molecular flexibility index (Phi) is 6.50. The number of hydrogen-bond donors (Lipinski definition) is 1. The van der Waals surface area contributed by atoms with Crippen LogP contribution < -0.4 is 5.32 Å². The van der Waals surface area contributed by atoms with Crippen molar-refractivity contribution in [2.45, 2.75) is 51.0 Å². The number of aryl methyl sites for hydroxylation is 1. The van der Waals surface area contributed by atoms with Crippen molar-refractivity contribution in [2.24, 2.45) is 5.92 Å². The molecule has 2 fully saturated rings. The van der Waals surface area contributed by atoms with E-state index in [0.717, 1.165) is 38.4 Å². The van der Waals surface area contributed by atoms with Crippen molar-refractivity contribution < 1.29 is 17.6 Å². The molecule has 2 aliphatic rings. The van der Waals surface area contributed by atoms with E-state index in [1.807, 2.05) is 24.3 Å². The van der Waals surface area contributed by atoms with Gasteiger partial charge >= 0.3 is 0 Å². The Balaban J connectivity index is 1.40. The average Bonchev–Trinajstić information content (AvgIpc) is 3.40. The van der Waals surface area contributed by atoms with E-state index in [9.17, 15) is 13.2 Å². The first-order valence-corrected chi connectivity index (χ1v) is 12.5. The second-order valence-corrected chi connectivity index (χ2v) is 10.7. The van der Waals surface area contributed by atoms with Gasteiger partial charge in [-0.1, -0.05) is 19.1 Å². The molecule has 1 N–H and O–H groups in total. The summed E-state index contributed by atoms with van der Waals surface area (Å²) < 4.78 is 32.6. The summed E-state index contributed by atoms with van der Waals surface area (Å²) in [6.07, 6.45) is 4.26. The number of likely N-dealkylation sites (tertiary alicyclic amines) is 1. The number of sulfonamides is 1. The molecule has 0 radical (unpaired) electrons. The van der Waals surface area contributed by atoms with Gasteiger partial charge in [-0.15, -0.1) is 0 Å². The molecular formula is C23H31N3O4S. The number of hydrogen-bond acceptors (Lipinski definition) is 5. The number of carbonyl (C=O) groups excluding carboxylic acids is 1. The first kappa shape index (κ1) is 22.0. The highest BCUT2D eigenvalue weighted by Gasteiger charge is 2.31. The van der Waals surface area contributed by atoms with Gasteiger partial charge in [-0.3, -0.25) is 9.69 Å². The van der Waals surface area contributed by atoms with Gasteiger partial charge in [0.2, 0.25) is 10.0 Å². The van der Waals surface area contributed by atoms with Gasteiger partial charge in [-0.25, -0.2) is 8.42 Å². The molecule has 31 heavy (non-hydrogen) atoms. The second kappa shape index (κ2) is 9.14. The van der Waals surface area contributed by atoms with Crippen molar-refractivity contribution in [2.75, 3.05) is 31.5 Å². The molecule has 8 heteroatoms. The SMILES string of the molecule is Cc1oc(C(=O)Nc2ccc(CN3CCCC(C)C3)cc2)cc1S(=O)(=O)N1CCCC1. The highest BCUT2D eigenvalue weighted by atomic mass is 32.2. The van der Waals surface area contributed by atoms with Gasteiger partial charge in [-0.05, 0) is 62.8 Å². The third-order valence-corrected chi connectivity index (χ3v) is 8.14. The molecule has 1 unspecified atom stereocenters. The van der Waals surface area contributed by atoms with Crippen LogP contribution in [0.25, 0.3) is 0 Å². The van der Waals surface area contributed by atoms with Crippen LogP contribution in [0.15, 0.2) is 39.6 Å². The fourth-order valence-electron chi connectivity index (χ4n) is 4.48. The van der Waals surface area contributed by atoms with E-state index >= 15 is 0 Å². The van der Waals surface area contributed by atoms with Gasteiger partial charge in [-0.2, -0.15) is 4.31 Å². The molecule has 168 valence electrons. The Hall–Kier alpha value is -2.16. The van der Waals surface area contributed by atoms with Gasteiger partial charge in [0, 0.05) is 37.9 Å².